The van der Waals surface area contributed by atoms with Gasteiger partial charge in [-0.2, -0.15) is 8.78 Å². The summed E-state index contributed by atoms with van der Waals surface area (Å²) in [6.07, 6.45) is 1.78. The molecule has 0 bridgehead atoms. The fourth-order valence-corrected chi connectivity index (χ4v) is 4.49. The van der Waals surface area contributed by atoms with Crippen molar-refractivity contribution in [3.8, 4) is 11.8 Å². The summed E-state index contributed by atoms with van der Waals surface area (Å²) in [5, 5.41) is 19.3. The molecule has 1 fully saturated rings. The van der Waals surface area contributed by atoms with Crippen molar-refractivity contribution in [2.75, 3.05) is 6.54 Å². The molecule has 2 heterocycles. The number of aromatic carboxylic acids is 1. The van der Waals surface area contributed by atoms with Crippen LogP contribution in [-0.4, -0.2) is 51.6 Å². The van der Waals surface area contributed by atoms with Crippen LogP contribution in [-0.2, 0) is 11.2 Å². The van der Waals surface area contributed by atoms with Crippen molar-refractivity contribution in [1.29, 1.82) is 0 Å². The van der Waals surface area contributed by atoms with Gasteiger partial charge in [0.25, 0.3) is 5.91 Å². The topological polar surface area (TPSA) is 77.8 Å². The number of aryl methyl sites for hydroxylation is 1. The number of likely N-dealkylation sites (tertiary alicyclic amines) is 1. The van der Waals surface area contributed by atoms with Crippen LogP contribution in [0.1, 0.15) is 66.9 Å². The quantitative estimate of drug-likeness (QED) is 0.534. The van der Waals surface area contributed by atoms with Crippen molar-refractivity contribution in [1.82, 2.24) is 4.90 Å². The summed E-state index contributed by atoms with van der Waals surface area (Å²) in [5.74, 6) is 0.380. The molecule has 2 N–H and O–H groups in total. The number of carboxylic acids is 1. The van der Waals surface area contributed by atoms with Gasteiger partial charge in [0, 0.05) is 36.7 Å². The molecule has 8 heteroatoms. The average molecular weight is 442 g/mol. The van der Waals surface area contributed by atoms with Crippen LogP contribution in [0.15, 0.2) is 12.1 Å². The van der Waals surface area contributed by atoms with Crippen LogP contribution in [0.2, 0.25) is 0 Å². The van der Waals surface area contributed by atoms with Gasteiger partial charge in [-0.3, -0.25) is 4.79 Å². The minimum absolute atomic E-state index is 0.0580. The van der Waals surface area contributed by atoms with E-state index in [1.165, 1.54) is 11.0 Å². The number of aliphatic hydroxyl groups excluding tert-OH is 1. The van der Waals surface area contributed by atoms with E-state index in [1.807, 2.05) is 13.8 Å². The van der Waals surface area contributed by atoms with Gasteiger partial charge in [-0.1, -0.05) is 13.8 Å². The maximum atomic E-state index is 14.0. The zero-order chi connectivity index (χ0) is 22.3. The second kappa shape index (κ2) is 10.9. The molecular weight excluding hydrogens is 412 g/mol. The van der Waals surface area contributed by atoms with Gasteiger partial charge in [0.2, 0.25) is 0 Å². The highest BCUT2D eigenvalue weighted by Gasteiger charge is 2.52. The Morgan fingerprint density at radius 1 is 1.40 bits per heavy atom. The number of nitrogens with zero attached hydrogens (tertiary/aromatic N) is 1. The summed E-state index contributed by atoms with van der Waals surface area (Å²) in [7, 11) is 0. The van der Waals surface area contributed by atoms with E-state index < -0.39 is 36.4 Å². The minimum atomic E-state index is -3.37. The molecule has 3 atom stereocenters. The predicted octanol–water partition coefficient (Wildman–Crippen LogP) is 4.20. The number of hydrogen-bond acceptors (Lipinski definition) is 4. The van der Waals surface area contributed by atoms with Crippen LogP contribution >= 0.6 is 11.3 Å². The van der Waals surface area contributed by atoms with Crippen molar-refractivity contribution in [2.45, 2.75) is 76.9 Å². The Hall–Kier alpha value is -1.98. The molecule has 0 saturated carbocycles. The van der Waals surface area contributed by atoms with Crippen molar-refractivity contribution in [3.63, 3.8) is 0 Å². The summed E-state index contributed by atoms with van der Waals surface area (Å²) >= 11 is 1.15. The molecule has 5 nitrogen and oxygen atoms in total. The van der Waals surface area contributed by atoms with Gasteiger partial charge >= 0.3 is 11.9 Å². The first-order chi connectivity index (χ1) is 14.2. The first-order valence-electron chi connectivity index (χ1n) is 10.3. The molecular formula is C22H29F2NO4S. The summed E-state index contributed by atoms with van der Waals surface area (Å²) in [6, 6.07) is 2.63. The first-order valence-corrected chi connectivity index (χ1v) is 11.1. The Morgan fingerprint density at radius 3 is 2.77 bits per heavy atom. The van der Waals surface area contributed by atoms with E-state index in [1.54, 1.807) is 6.07 Å². The van der Waals surface area contributed by atoms with Gasteiger partial charge in [-0.15, -0.1) is 23.2 Å². The van der Waals surface area contributed by atoms with Crippen molar-refractivity contribution >= 4 is 23.2 Å². The molecule has 0 radical (unpaired) electrons. The number of halogens is 2. The maximum absolute atomic E-state index is 14.0. The Labute approximate surface area is 180 Å². The normalized spacial score (nSPS) is 20.0. The third-order valence-electron chi connectivity index (χ3n) is 5.38. The summed E-state index contributed by atoms with van der Waals surface area (Å²) in [5.41, 5.74) is 0. The van der Waals surface area contributed by atoms with Crippen molar-refractivity contribution < 1.29 is 28.6 Å². The molecule has 0 aromatic carbocycles. The lowest BCUT2D eigenvalue weighted by Gasteiger charge is -2.26. The Morgan fingerprint density at radius 2 is 2.13 bits per heavy atom. The lowest BCUT2D eigenvalue weighted by Crippen LogP contribution is -2.37. The number of carbonyl (C=O) groups is 2. The van der Waals surface area contributed by atoms with E-state index in [0.29, 0.717) is 32.1 Å². The van der Waals surface area contributed by atoms with Crippen LogP contribution in [0.4, 0.5) is 8.78 Å². The molecule has 1 aliphatic heterocycles. The molecule has 1 unspecified atom stereocenters. The molecule has 1 aromatic heterocycles. The van der Waals surface area contributed by atoms with Gasteiger partial charge in [-0.05, 0) is 43.7 Å². The van der Waals surface area contributed by atoms with E-state index in [9.17, 15) is 23.5 Å². The Bertz CT molecular complexity index is 799. The number of rotatable bonds is 10. The molecule has 2 rings (SSSR count). The SMILES string of the molecule is CCC#CCC(C)[C@@H](O)CC[C@H]1CC(F)(F)C(=O)N1CCCc1ccc(C(=O)O)s1. The number of alkyl halides is 2. The van der Waals surface area contributed by atoms with E-state index in [0.717, 1.165) is 22.6 Å². The first kappa shape index (κ1) is 24.3. The Kier molecular flexibility index (Phi) is 8.80. The highest BCUT2D eigenvalue weighted by atomic mass is 32.1. The fourth-order valence-electron chi connectivity index (χ4n) is 3.60. The van der Waals surface area contributed by atoms with Crippen molar-refractivity contribution in [2.24, 2.45) is 5.92 Å². The number of aliphatic hydroxyl groups is 1. The van der Waals surface area contributed by atoms with Crippen LogP contribution in [0.25, 0.3) is 0 Å². The maximum Gasteiger partial charge on any atom is 0.345 e. The van der Waals surface area contributed by atoms with Gasteiger partial charge < -0.3 is 15.1 Å². The summed E-state index contributed by atoms with van der Waals surface area (Å²) in [4.78, 5) is 25.4. The molecule has 1 aliphatic rings. The summed E-state index contributed by atoms with van der Waals surface area (Å²) < 4.78 is 28.1. The number of carboxylic acid groups (broad SMARTS) is 1. The second-order valence-corrected chi connectivity index (χ2v) is 8.94. The monoisotopic (exact) mass is 441 g/mol. The van der Waals surface area contributed by atoms with Gasteiger partial charge in [0.1, 0.15) is 4.88 Å². The second-order valence-electron chi connectivity index (χ2n) is 7.77. The Balaban J connectivity index is 1.89. The number of amides is 1. The standard InChI is InChI=1S/C22H29F2NO4S/c1-3-4-5-7-15(2)18(26)11-9-16-14-22(23,24)21(29)25(16)13-6-8-17-10-12-19(30-17)20(27)28/h10,12,15-16,18,26H,3,6-9,11,13-14H2,1-2H3,(H,27,28)/t15?,16-,18-/m0/s1. The molecule has 166 valence electrons. The highest BCUT2D eigenvalue weighted by molar-refractivity contribution is 7.13. The predicted molar refractivity (Wildman–Crippen MR) is 112 cm³/mol. The third kappa shape index (κ3) is 6.51. The molecule has 0 aliphatic carbocycles. The number of carbonyl (C=O) groups excluding carboxylic acids is 1. The largest absolute Gasteiger partial charge is 0.477 e. The molecule has 30 heavy (non-hydrogen) atoms. The molecule has 1 saturated heterocycles. The fraction of sp³-hybridized carbons (Fsp3) is 0.636. The van der Waals surface area contributed by atoms with Crippen LogP contribution in [0.3, 0.4) is 0 Å². The van der Waals surface area contributed by atoms with E-state index in [-0.39, 0.29) is 17.3 Å². The van der Waals surface area contributed by atoms with Crippen LogP contribution in [0.5, 0.6) is 0 Å². The van der Waals surface area contributed by atoms with Crippen LogP contribution < -0.4 is 0 Å². The summed E-state index contributed by atoms with van der Waals surface area (Å²) in [6.45, 7) is 4.02. The number of hydrogen-bond donors (Lipinski definition) is 2. The smallest absolute Gasteiger partial charge is 0.345 e. The number of thiophene rings is 1. The lowest BCUT2D eigenvalue weighted by atomic mass is 9.94. The van der Waals surface area contributed by atoms with Crippen molar-refractivity contribution in [3.05, 3.63) is 21.9 Å². The minimum Gasteiger partial charge on any atom is -0.477 e. The molecule has 0 spiro atoms. The van der Waals surface area contributed by atoms with Crippen LogP contribution in [0, 0.1) is 17.8 Å². The average Bonchev–Trinajstić information content (AvgIpc) is 3.24. The van der Waals surface area contributed by atoms with Gasteiger partial charge in [0.15, 0.2) is 0 Å². The lowest BCUT2D eigenvalue weighted by molar-refractivity contribution is -0.148. The van der Waals surface area contributed by atoms with E-state index in [2.05, 4.69) is 11.8 Å². The van der Waals surface area contributed by atoms with E-state index >= 15 is 0 Å². The molecule has 1 aromatic rings. The zero-order valence-electron chi connectivity index (χ0n) is 17.4. The highest BCUT2D eigenvalue weighted by Crippen LogP contribution is 2.36. The zero-order valence-corrected chi connectivity index (χ0v) is 18.2. The van der Waals surface area contributed by atoms with Gasteiger partial charge in [0.05, 0.1) is 6.10 Å². The van der Waals surface area contributed by atoms with Gasteiger partial charge in [-0.25, -0.2) is 4.79 Å². The molecule has 1 amide bonds. The third-order valence-corrected chi connectivity index (χ3v) is 6.51. The van der Waals surface area contributed by atoms with E-state index in [4.69, 9.17) is 5.11 Å².